The molecular formula is C36H27N. The molecule has 1 nitrogen and oxygen atoms in total. The number of fused-ring (bicyclic) bond motifs is 11. The van der Waals surface area contributed by atoms with Crippen LogP contribution in [0.25, 0.3) is 43.9 Å². The van der Waals surface area contributed by atoms with Crippen molar-refractivity contribution in [1.29, 1.82) is 0 Å². The lowest BCUT2D eigenvalue weighted by Crippen LogP contribution is -2.32. The Morgan fingerprint density at radius 2 is 1.30 bits per heavy atom. The average molecular weight is 474 g/mol. The number of rotatable bonds is 2. The summed E-state index contributed by atoms with van der Waals surface area (Å²) in [6.45, 7) is 4.60. The molecule has 0 saturated carbocycles. The van der Waals surface area contributed by atoms with Crippen LogP contribution in [0.4, 0.5) is 0 Å². The Bertz CT molecular complexity index is 1840. The summed E-state index contributed by atoms with van der Waals surface area (Å²) in [4.78, 5) is 5.23. The minimum absolute atomic E-state index is 0.417. The quantitative estimate of drug-likeness (QED) is 0.244. The molecule has 0 atom stereocenters. The number of aromatic nitrogens is 1. The first-order valence-corrected chi connectivity index (χ1v) is 13.3. The van der Waals surface area contributed by atoms with Crippen molar-refractivity contribution in [3.8, 4) is 22.4 Å². The fourth-order valence-electron chi connectivity index (χ4n) is 7.22. The zero-order chi connectivity index (χ0) is 24.7. The van der Waals surface area contributed by atoms with Crippen LogP contribution in [0.3, 0.4) is 0 Å². The minimum Gasteiger partial charge on any atom is -0.255 e. The molecule has 0 unspecified atom stereocenters. The molecule has 0 N–H and O–H groups in total. The first-order valence-electron chi connectivity index (χ1n) is 13.3. The van der Waals surface area contributed by atoms with E-state index in [1.165, 1.54) is 66.1 Å². The van der Waals surface area contributed by atoms with Crippen molar-refractivity contribution in [2.75, 3.05) is 0 Å². The molecule has 0 radical (unpaired) electrons. The van der Waals surface area contributed by atoms with Gasteiger partial charge in [-0.15, -0.1) is 0 Å². The van der Waals surface area contributed by atoms with Gasteiger partial charge < -0.3 is 0 Å². The van der Waals surface area contributed by atoms with Gasteiger partial charge in [0, 0.05) is 22.7 Å². The Labute approximate surface area is 217 Å². The van der Waals surface area contributed by atoms with Gasteiger partial charge in [-0.2, -0.15) is 0 Å². The van der Waals surface area contributed by atoms with Crippen LogP contribution in [0, 0.1) is 5.92 Å². The third-order valence-electron chi connectivity index (χ3n) is 8.49. The van der Waals surface area contributed by atoms with Gasteiger partial charge in [-0.3, -0.25) is 4.98 Å². The molecule has 0 amide bonds. The fraction of sp³-hybridized carbons (Fsp3) is 0.139. The van der Waals surface area contributed by atoms with Crippen molar-refractivity contribution in [2.24, 2.45) is 5.92 Å². The summed E-state index contributed by atoms with van der Waals surface area (Å²) in [5.41, 5.74) is 11.4. The third-order valence-corrected chi connectivity index (χ3v) is 8.49. The highest BCUT2D eigenvalue weighted by molar-refractivity contribution is 6.09. The van der Waals surface area contributed by atoms with Crippen LogP contribution < -0.4 is 0 Å². The maximum Gasteiger partial charge on any atom is 0.0762 e. The molecule has 0 saturated heterocycles. The highest BCUT2D eigenvalue weighted by atomic mass is 14.7. The Balaban J connectivity index is 1.65. The van der Waals surface area contributed by atoms with Gasteiger partial charge in [-0.05, 0) is 61.9 Å². The van der Waals surface area contributed by atoms with Crippen molar-refractivity contribution in [3.63, 3.8) is 0 Å². The maximum absolute atomic E-state index is 5.23. The maximum atomic E-state index is 5.23. The van der Waals surface area contributed by atoms with E-state index in [1.54, 1.807) is 0 Å². The highest BCUT2D eigenvalue weighted by Crippen LogP contribution is 2.62. The summed E-state index contributed by atoms with van der Waals surface area (Å²) >= 11 is 0. The van der Waals surface area contributed by atoms with Crippen molar-refractivity contribution in [1.82, 2.24) is 4.98 Å². The molecule has 1 spiro atoms. The van der Waals surface area contributed by atoms with Gasteiger partial charge in [0.05, 0.1) is 11.1 Å². The lowest BCUT2D eigenvalue weighted by atomic mass is 9.61. The Morgan fingerprint density at radius 3 is 2.03 bits per heavy atom. The smallest absolute Gasteiger partial charge is 0.0762 e. The van der Waals surface area contributed by atoms with Gasteiger partial charge >= 0.3 is 0 Å². The van der Waals surface area contributed by atoms with E-state index < -0.39 is 5.41 Å². The molecule has 2 aliphatic rings. The van der Waals surface area contributed by atoms with Crippen LogP contribution in [-0.4, -0.2) is 4.98 Å². The van der Waals surface area contributed by atoms with Gasteiger partial charge in [-0.25, -0.2) is 0 Å². The summed E-state index contributed by atoms with van der Waals surface area (Å²) in [6, 6.07) is 38.6. The molecular weight excluding hydrogens is 446 g/mol. The number of hydrogen-bond acceptors (Lipinski definition) is 1. The van der Waals surface area contributed by atoms with E-state index in [1.807, 2.05) is 0 Å². The van der Waals surface area contributed by atoms with Gasteiger partial charge in [0.2, 0.25) is 0 Å². The first-order chi connectivity index (χ1) is 18.2. The number of nitrogens with zero attached hydrogens (tertiary/aromatic N) is 1. The molecule has 1 heteroatoms. The van der Waals surface area contributed by atoms with Crippen LogP contribution in [-0.2, 0) is 11.8 Å². The van der Waals surface area contributed by atoms with Gasteiger partial charge in [0.15, 0.2) is 0 Å². The number of hydrogen-bond donors (Lipinski definition) is 0. The van der Waals surface area contributed by atoms with E-state index in [0.717, 1.165) is 12.1 Å². The SMILES string of the molecule is CC(C)Cc1ccc2cnc3c(c2c1)C1(c2ccccc2-c2ccccc21)c1cccc2cccc-3c12. The lowest BCUT2D eigenvalue weighted by molar-refractivity contribution is 0.647. The van der Waals surface area contributed by atoms with E-state index in [2.05, 4.69) is 123 Å². The second-order valence-electron chi connectivity index (χ2n) is 11.1. The minimum atomic E-state index is -0.417. The monoisotopic (exact) mass is 473 g/mol. The molecule has 1 heterocycles. The second-order valence-corrected chi connectivity index (χ2v) is 11.1. The van der Waals surface area contributed by atoms with E-state index >= 15 is 0 Å². The molecule has 1 aromatic heterocycles. The third kappa shape index (κ3) is 2.61. The molecule has 8 rings (SSSR count). The molecule has 37 heavy (non-hydrogen) atoms. The number of benzene rings is 5. The standard InChI is InChI=1S/C36H27N/c1-22(2)19-23-17-18-25-21-37-35-28-13-7-9-24-10-8-16-32(33(24)28)36(34(35)29(25)20-23)30-14-5-3-11-26(30)27-12-4-6-15-31(27)36/h3-18,20-22H,19H2,1-2H3. The van der Waals surface area contributed by atoms with Gasteiger partial charge in [0.1, 0.15) is 0 Å². The van der Waals surface area contributed by atoms with E-state index in [4.69, 9.17) is 4.98 Å². The van der Waals surface area contributed by atoms with Crippen molar-refractivity contribution >= 4 is 21.5 Å². The Morgan fingerprint density at radius 1 is 0.649 bits per heavy atom. The summed E-state index contributed by atoms with van der Waals surface area (Å²) in [5.74, 6) is 0.603. The van der Waals surface area contributed by atoms with Gasteiger partial charge in [0.25, 0.3) is 0 Å². The molecule has 0 aliphatic heterocycles. The molecule has 176 valence electrons. The summed E-state index contributed by atoms with van der Waals surface area (Å²) in [5, 5.41) is 5.13. The summed E-state index contributed by atoms with van der Waals surface area (Å²) in [6.07, 6.45) is 3.15. The predicted octanol–water partition coefficient (Wildman–Crippen LogP) is 8.93. The first kappa shape index (κ1) is 20.9. The van der Waals surface area contributed by atoms with Crippen molar-refractivity contribution in [3.05, 3.63) is 137 Å². The normalized spacial score (nSPS) is 14.2. The lowest BCUT2D eigenvalue weighted by Gasteiger charge is -2.40. The molecule has 2 aliphatic carbocycles. The van der Waals surface area contributed by atoms with Crippen LogP contribution in [0.2, 0.25) is 0 Å². The second kappa shape index (κ2) is 7.40. The van der Waals surface area contributed by atoms with E-state index in [-0.39, 0.29) is 0 Å². The Hall–Kier alpha value is -4.23. The number of pyridine rings is 1. The molecule has 6 aromatic rings. The van der Waals surface area contributed by atoms with E-state index in [9.17, 15) is 0 Å². The molecule has 5 aromatic carbocycles. The van der Waals surface area contributed by atoms with Crippen LogP contribution in [0.15, 0.2) is 109 Å². The van der Waals surface area contributed by atoms with Crippen molar-refractivity contribution < 1.29 is 0 Å². The van der Waals surface area contributed by atoms with Crippen LogP contribution in [0.5, 0.6) is 0 Å². The Kier molecular flexibility index (Phi) is 4.18. The predicted molar refractivity (Wildman–Crippen MR) is 154 cm³/mol. The van der Waals surface area contributed by atoms with Crippen LogP contribution in [0.1, 0.15) is 41.7 Å². The van der Waals surface area contributed by atoms with E-state index in [0.29, 0.717) is 5.92 Å². The highest BCUT2D eigenvalue weighted by Gasteiger charge is 2.51. The summed E-state index contributed by atoms with van der Waals surface area (Å²) in [7, 11) is 0. The zero-order valence-electron chi connectivity index (χ0n) is 21.1. The van der Waals surface area contributed by atoms with Crippen molar-refractivity contribution in [2.45, 2.75) is 25.7 Å². The molecule has 0 bridgehead atoms. The molecule has 0 fully saturated rings. The zero-order valence-corrected chi connectivity index (χ0v) is 21.1. The van der Waals surface area contributed by atoms with Gasteiger partial charge in [-0.1, -0.05) is 117 Å². The van der Waals surface area contributed by atoms with Crippen LogP contribution >= 0.6 is 0 Å². The topological polar surface area (TPSA) is 12.9 Å². The largest absolute Gasteiger partial charge is 0.255 e. The fourth-order valence-corrected chi connectivity index (χ4v) is 7.22. The summed E-state index contributed by atoms with van der Waals surface area (Å²) < 4.78 is 0. The average Bonchev–Trinajstić information content (AvgIpc) is 3.22.